The van der Waals surface area contributed by atoms with Crippen molar-refractivity contribution in [3.63, 3.8) is 0 Å². The van der Waals surface area contributed by atoms with E-state index in [1.54, 1.807) is 6.07 Å². The maximum absolute atomic E-state index is 13.1. The molecule has 1 aliphatic rings. The van der Waals surface area contributed by atoms with Crippen LogP contribution >= 0.6 is 11.6 Å². The molecule has 0 spiro atoms. The zero-order chi connectivity index (χ0) is 20.4. The number of nitrogens with one attached hydrogen (secondary N) is 1. The Morgan fingerprint density at radius 2 is 1.97 bits per heavy atom. The lowest BCUT2D eigenvalue weighted by Crippen LogP contribution is -2.43. The van der Waals surface area contributed by atoms with Crippen LogP contribution in [0.15, 0.2) is 34.9 Å². The van der Waals surface area contributed by atoms with E-state index in [-0.39, 0.29) is 11.9 Å². The summed E-state index contributed by atoms with van der Waals surface area (Å²) < 4.78 is 10.7. The van der Waals surface area contributed by atoms with Gasteiger partial charge in [-0.05, 0) is 37.6 Å². The molecule has 0 radical (unpaired) electrons. The van der Waals surface area contributed by atoms with E-state index in [0.29, 0.717) is 52.8 Å². The van der Waals surface area contributed by atoms with Gasteiger partial charge in [0.2, 0.25) is 0 Å². The lowest BCUT2D eigenvalue weighted by atomic mass is 10.0. The van der Waals surface area contributed by atoms with Crippen molar-refractivity contribution in [3.05, 3.63) is 57.9 Å². The second kappa shape index (κ2) is 8.49. The molecule has 29 heavy (non-hydrogen) atoms. The molecular weight excluding hydrogens is 392 g/mol. The molecule has 2 aromatic heterocycles. The fourth-order valence-electron chi connectivity index (χ4n) is 3.71. The number of ether oxygens (including phenoxy) is 1. The van der Waals surface area contributed by atoms with E-state index in [1.165, 1.54) is 0 Å². The van der Waals surface area contributed by atoms with Gasteiger partial charge in [-0.25, -0.2) is 4.98 Å². The summed E-state index contributed by atoms with van der Waals surface area (Å²) in [5.74, 6) is -0.168. The van der Waals surface area contributed by atoms with Crippen molar-refractivity contribution in [2.24, 2.45) is 0 Å². The number of rotatable bonds is 5. The summed E-state index contributed by atoms with van der Waals surface area (Å²) in [6, 6.07) is 9.57. The van der Waals surface area contributed by atoms with Crippen molar-refractivity contribution in [1.29, 1.82) is 0 Å². The zero-order valence-corrected chi connectivity index (χ0v) is 17.2. The molecule has 4 rings (SSSR count). The summed E-state index contributed by atoms with van der Waals surface area (Å²) >= 11 is 6.06. The minimum absolute atomic E-state index is 0.0297. The zero-order valence-electron chi connectivity index (χ0n) is 16.4. The molecular formula is C21H23ClN4O3. The van der Waals surface area contributed by atoms with Crippen molar-refractivity contribution >= 4 is 28.6 Å². The molecule has 1 saturated heterocycles. The third kappa shape index (κ3) is 4.27. The number of hydrogen-bond acceptors (Lipinski definition) is 6. The minimum atomic E-state index is -0.168. The number of aromatic nitrogens is 2. The largest absolute Gasteiger partial charge is 0.379 e. The Labute approximate surface area is 174 Å². The van der Waals surface area contributed by atoms with E-state index in [1.807, 2.05) is 38.1 Å². The molecule has 1 fully saturated rings. The summed E-state index contributed by atoms with van der Waals surface area (Å²) in [4.78, 5) is 19.7. The number of pyridine rings is 1. The van der Waals surface area contributed by atoms with Crippen LogP contribution < -0.4 is 5.32 Å². The van der Waals surface area contributed by atoms with Crippen LogP contribution in [0.25, 0.3) is 11.1 Å². The standard InChI is InChI=1S/C21H23ClN4O3/c1-13-11-17(19-14(2)25-29-21(19)24-13)20(27)23-12-18(26-7-9-28-10-8-26)15-3-5-16(22)6-4-15/h3-6,11,18H,7-10,12H2,1-2H3,(H,23,27). The molecule has 0 bridgehead atoms. The van der Waals surface area contributed by atoms with Gasteiger partial charge in [-0.15, -0.1) is 0 Å². The first kappa shape index (κ1) is 19.8. The molecule has 1 aromatic carbocycles. The Morgan fingerprint density at radius 3 is 2.69 bits per heavy atom. The third-order valence-corrected chi connectivity index (χ3v) is 5.44. The average Bonchev–Trinajstić information content (AvgIpc) is 3.10. The fraction of sp³-hybridized carbons (Fsp3) is 0.381. The van der Waals surface area contributed by atoms with Crippen LogP contribution in [0.2, 0.25) is 5.02 Å². The number of nitrogens with zero attached hydrogens (tertiary/aromatic N) is 3. The van der Waals surface area contributed by atoms with E-state index >= 15 is 0 Å². The first-order valence-electron chi connectivity index (χ1n) is 9.62. The van der Waals surface area contributed by atoms with E-state index < -0.39 is 0 Å². The summed E-state index contributed by atoms with van der Waals surface area (Å²) in [5, 5.41) is 8.39. The minimum Gasteiger partial charge on any atom is -0.379 e. The molecule has 152 valence electrons. The first-order chi connectivity index (χ1) is 14.0. The van der Waals surface area contributed by atoms with Crippen LogP contribution in [0, 0.1) is 13.8 Å². The van der Waals surface area contributed by atoms with Gasteiger partial charge < -0.3 is 14.6 Å². The molecule has 1 N–H and O–H groups in total. The van der Waals surface area contributed by atoms with Gasteiger partial charge in [0.15, 0.2) is 0 Å². The third-order valence-electron chi connectivity index (χ3n) is 5.19. The molecule has 7 nitrogen and oxygen atoms in total. The maximum Gasteiger partial charge on any atom is 0.258 e. The summed E-state index contributed by atoms with van der Waals surface area (Å²) in [5.41, 5.74) is 3.38. The van der Waals surface area contributed by atoms with Crippen LogP contribution in [0.5, 0.6) is 0 Å². The van der Waals surface area contributed by atoms with Crippen molar-refractivity contribution in [3.8, 4) is 0 Å². The number of amides is 1. The second-order valence-electron chi connectivity index (χ2n) is 7.19. The smallest absolute Gasteiger partial charge is 0.258 e. The number of fused-ring (bicyclic) bond motifs is 1. The van der Waals surface area contributed by atoms with Gasteiger partial charge in [0.05, 0.1) is 35.9 Å². The number of benzene rings is 1. The highest BCUT2D eigenvalue weighted by Crippen LogP contribution is 2.25. The van der Waals surface area contributed by atoms with Crippen molar-refractivity contribution in [1.82, 2.24) is 20.4 Å². The summed E-state index contributed by atoms with van der Waals surface area (Å²) in [6.07, 6.45) is 0. The number of hydrogen-bond donors (Lipinski definition) is 1. The topological polar surface area (TPSA) is 80.5 Å². The van der Waals surface area contributed by atoms with Crippen LogP contribution in [0.4, 0.5) is 0 Å². The van der Waals surface area contributed by atoms with Crippen LogP contribution in [0.1, 0.15) is 33.4 Å². The normalized spacial score (nSPS) is 16.1. The van der Waals surface area contributed by atoms with Crippen LogP contribution in [0.3, 0.4) is 0 Å². The monoisotopic (exact) mass is 414 g/mol. The van der Waals surface area contributed by atoms with Gasteiger partial charge >= 0.3 is 0 Å². The van der Waals surface area contributed by atoms with Gasteiger partial charge in [0.1, 0.15) is 0 Å². The van der Waals surface area contributed by atoms with E-state index in [4.69, 9.17) is 20.9 Å². The summed E-state index contributed by atoms with van der Waals surface area (Å²) in [6.45, 7) is 7.10. The van der Waals surface area contributed by atoms with Gasteiger partial charge in [0.25, 0.3) is 11.6 Å². The molecule has 1 unspecified atom stereocenters. The predicted molar refractivity (Wildman–Crippen MR) is 110 cm³/mol. The second-order valence-corrected chi connectivity index (χ2v) is 7.62. The number of halogens is 1. The number of carbonyl (C=O) groups is 1. The Morgan fingerprint density at radius 1 is 1.24 bits per heavy atom. The lowest BCUT2D eigenvalue weighted by molar-refractivity contribution is 0.0162. The number of carbonyl (C=O) groups excluding carboxylic acids is 1. The highest BCUT2D eigenvalue weighted by molar-refractivity contribution is 6.30. The molecule has 3 heterocycles. The van der Waals surface area contributed by atoms with Gasteiger partial charge in [0, 0.05) is 30.4 Å². The van der Waals surface area contributed by atoms with Crippen molar-refractivity contribution in [2.75, 3.05) is 32.8 Å². The van der Waals surface area contributed by atoms with Crippen molar-refractivity contribution < 1.29 is 14.1 Å². The Hall–Kier alpha value is -2.48. The highest BCUT2D eigenvalue weighted by Gasteiger charge is 2.24. The van der Waals surface area contributed by atoms with Gasteiger partial charge in [-0.1, -0.05) is 28.9 Å². The predicted octanol–water partition coefficient (Wildman–Crippen LogP) is 3.30. The molecule has 1 amide bonds. The molecule has 3 aromatic rings. The summed E-state index contributed by atoms with van der Waals surface area (Å²) in [7, 11) is 0. The SMILES string of the molecule is Cc1cc(C(=O)NCC(c2ccc(Cl)cc2)N2CCOCC2)c2c(C)noc2n1. The molecule has 1 atom stereocenters. The Bertz CT molecular complexity index is 1010. The maximum atomic E-state index is 13.1. The van der Waals surface area contributed by atoms with Gasteiger partial charge in [-0.3, -0.25) is 9.69 Å². The number of aryl methyl sites for hydroxylation is 2. The lowest BCUT2D eigenvalue weighted by Gasteiger charge is -2.35. The average molecular weight is 415 g/mol. The van der Waals surface area contributed by atoms with Crippen LogP contribution in [-0.4, -0.2) is 53.8 Å². The fourth-order valence-corrected chi connectivity index (χ4v) is 3.84. The van der Waals surface area contributed by atoms with E-state index in [9.17, 15) is 4.79 Å². The first-order valence-corrected chi connectivity index (χ1v) is 10.00. The van der Waals surface area contributed by atoms with Crippen molar-refractivity contribution in [2.45, 2.75) is 19.9 Å². The van der Waals surface area contributed by atoms with Crippen LogP contribution in [-0.2, 0) is 4.74 Å². The Balaban J connectivity index is 1.58. The van der Waals surface area contributed by atoms with E-state index in [2.05, 4.69) is 20.4 Å². The van der Waals surface area contributed by atoms with Gasteiger partial charge in [-0.2, -0.15) is 0 Å². The van der Waals surface area contributed by atoms with E-state index in [0.717, 1.165) is 18.7 Å². The Kier molecular flexibility index (Phi) is 5.80. The highest BCUT2D eigenvalue weighted by atomic mass is 35.5. The molecule has 1 aliphatic heterocycles. The quantitative estimate of drug-likeness (QED) is 0.690. The molecule has 8 heteroatoms. The molecule has 0 saturated carbocycles. The number of morpholine rings is 1. The molecule has 0 aliphatic carbocycles.